The number of halogens is 1. The quantitative estimate of drug-likeness (QED) is 0.206. The average molecular weight is 501 g/mol. The maximum Gasteiger partial charge on any atom is 0.301 e. The number of aliphatic hydroxyl groups is 1. The summed E-state index contributed by atoms with van der Waals surface area (Å²) < 4.78 is 20.7. The van der Waals surface area contributed by atoms with Gasteiger partial charge in [-0.05, 0) is 48.4 Å². The number of rotatable bonds is 6. The van der Waals surface area contributed by atoms with Crippen LogP contribution in [0.25, 0.3) is 5.76 Å². The summed E-state index contributed by atoms with van der Waals surface area (Å²) >= 11 is 1.14. The smallest absolute Gasteiger partial charge is 0.301 e. The monoisotopic (exact) mass is 500 g/mol. The molecule has 6 nitrogen and oxygen atoms in total. The van der Waals surface area contributed by atoms with Crippen molar-refractivity contribution in [1.29, 1.82) is 0 Å². The fourth-order valence-corrected chi connectivity index (χ4v) is 4.82. The Hall–Kier alpha value is -4.30. The highest BCUT2D eigenvalue weighted by Crippen LogP contribution is 2.43. The number of anilines is 1. The molecule has 1 aliphatic rings. The van der Waals surface area contributed by atoms with Gasteiger partial charge in [-0.1, -0.05) is 42.5 Å². The van der Waals surface area contributed by atoms with Gasteiger partial charge in [-0.25, -0.2) is 9.37 Å². The van der Waals surface area contributed by atoms with E-state index < -0.39 is 29.3 Å². The van der Waals surface area contributed by atoms with E-state index in [1.54, 1.807) is 35.7 Å². The minimum Gasteiger partial charge on any atom is -0.507 e. The van der Waals surface area contributed by atoms with Crippen molar-refractivity contribution >= 4 is 33.9 Å². The lowest BCUT2D eigenvalue weighted by molar-refractivity contribution is -0.132. The van der Waals surface area contributed by atoms with Crippen LogP contribution in [-0.2, 0) is 16.2 Å². The largest absolute Gasteiger partial charge is 0.507 e. The number of Topliss-reactive ketones (excluding diaryl/α,β-unsaturated/α-hetero) is 1. The zero-order chi connectivity index (χ0) is 25.2. The topological polar surface area (TPSA) is 79.7 Å². The Morgan fingerprint density at radius 2 is 1.78 bits per heavy atom. The zero-order valence-electron chi connectivity index (χ0n) is 19.2. The van der Waals surface area contributed by atoms with E-state index in [9.17, 15) is 19.1 Å². The van der Waals surface area contributed by atoms with Crippen LogP contribution in [0.15, 0.2) is 89.9 Å². The molecule has 1 unspecified atom stereocenters. The molecule has 4 aromatic rings. The second kappa shape index (κ2) is 9.75. The van der Waals surface area contributed by atoms with E-state index in [1.807, 2.05) is 31.2 Å². The summed E-state index contributed by atoms with van der Waals surface area (Å²) in [4.78, 5) is 31.4. The predicted octanol–water partition coefficient (Wildman–Crippen LogP) is 5.80. The van der Waals surface area contributed by atoms with E-state index in [2.05, 4.69) is 4.98 Å². The number of ether oxygens (including phenoxy) is 1. The molecule has 0 bridgehead atoms. The standard InChI is InChI=1S/C28H21FN2O4S/c1-17-6-2-3-7-19(17)16-35-20-12-10-18(11-13-20)25(32)23-24(21-8-4-5-9-22(21)29)31(27(34)26(23)33)28-30-14-15-36-28/h2-15,24,32H,16H2,1H3. The molecule has 1 aliphatic heterocycles. The summed E-state index contributed by atoms with van der Waals surface area (Å²) in [5, 5.41) is 13.1. The lowest BCUT2D eigenvalue weighted by Crippen LogP contribution is -2.29. The van der Waals surface area contributed by atoms with Gasteiger partial charge in [-0.2, -0.15) is 0 Å². The Balaban J connectivity index is 1.51. The van der Waals surface area contributed by atoms with E-state index in [1.165, 1.54) is 24.4 Å². The van der Waals surface area contributed by atoms with Crippen molar-refractivity contribution in [3.63, 3.8) is 0 Å². The maximum atomic E-state index is 14.9. The number of amides is 1. The van der Waals surface area contributed by atoms with Gasteiger partial charge in [-0.15, -0.1) is 11.3 Å². The van der Waals surface area contributed by atoms with E-state index in [0.717, 1.165) is 27.4 Å². The molecule has 3 aromatic carbocycles. The first-order valence-electron chi connectivity index (χ1n) is 11.2. The van der Waals surface area contributed by atoms with Crippen LogP contribution in [0.1, 0.15) is 28.3 Å². The molecule has 1 saturated heterocycles. The van der Waals surface area contributed by atoms with Crippen molar-refractivity contribution in [3.8, 4) is 5.75 Å². The van der Waals surface area contributed by atoms with Crippen molar-refractivity contribution in [2.24, 2.45) is 0 Å². The zero-order valence-corrected chi connectivity index (χ0v) is 20.0. The number of hydrogen-bond acceptors (Lipinski definition) is 6. The summed E-state index contributed by atoms with van der Waals surface area (Å²) in [5.74, 6) is -2.21. The summed E-state index contributed by atoms with van der Waals surface area (Å²) in [6, 6.07) is 19.1. The van der Waals surface area contributed by atoms with E-state index in [0.29, 0.717) is 17.9 Å². The minimum atomic E-state index is -1.16. The number of hydrogen-bond donors (Lipinski definition) is 1. The summed E-state index contributed by atoms with van der Waals surface area (Å²) in [5.41, 5.74) is 2.36. The number of aliphatic hydroxyl groups excluding tert-OH is 1. The SMILES string of the molecule is Cc1ccccc1COc1ccc(C(O)=C2C(=O)C(=O)N(c3nccs3)C2c2ccccc2F)cc1. The van der Waals surface area contributed by atoms with Gasteiger partial charge in [0.2, 0.25) is 0 Å². The molecule has 0 aliphatic carbocycles. The molecule has 1 fully saturated rings. The molecule has 1 aromatic heterocycles. The van der Waals surface area contributed by atoms with Gasteiger partial charge < -0.3 is 9.84 Å². The predicted molar refractivity (Wildman–Crippen MR) is 135 cm³/mol. The molecule has 180 valence electrons. The Morgan fingerprint density at radius 3 is 2.47 bits per heavy atom. The van der Waals surface area contributed by atoms with Gasteiger partial charge in [-0.3, -0.25) is 14.5 Å². The molecule has 0 spiro atoms. The highest BCUT2D eigenvalue weighted by Gasteiger charge is 2.48. The second-order valence-electron chi connectivity index (χ2n) is 8.24. The highest BCUT2D eigenvalue weighted by molar-refractivity contribution is 7.14. The summed E-state index contributed by atoms with van der Waals surface area (Å²) in [6.07, 6.45) is 1.49. The molecule has 1 N–H and O–H groups in total. The first kappa shape index (κ1) is 23.4. The fraction of sp³-hybridized carbons (Fsp3) is 0.107. The van der Waals surface area contributed by atoms with Crippen LogP contribution in [0.2, 0.25) is 0 Å². The molecule has 1 amide bonds. The van der Waals surface area contributed by atoms with Gasteiger partial charge in [0.05, 0.1) is 5.57 Å². The third-order valence-corrected chi connectivity index (χ3v) is 6.82. The molecule has 2 heterocycles. The summed E-state index contributed by atoms with van der Waals surface area (Å²) in [7, 11) is 0. The molecule has 0 saturated carbocycles. The number of carbonyl (C=O) groups excluding carboxylic acids is 2. The number of benzene rings is 3. The van der Waals surface area contributed by atoms with Crippen LogP contribution in [0.4, 0.5) is 9.52 Å². The van der Waals surface area contributed by atoms with E-state index in [-0.39, 0.29) is 16.3 Å². The van der Waals surface area contributed by atoms with Crippen molar-refractivity contribution in [2.75, 3.05) is 4.90 Å². The number of aromatic nitrogens is 1. The Morgan fingerprint density at radius 1 is 1.06 bits per heavy atom. The van der Waals surface area contributed by atoms with Gasteiger partial charge in [0.15, 0.2) is 5.13 Å². The average Bonchev–Trinajstić information content (AvgIpc) is 3.50. The van der Waals surface area contributed by atoms with Gasteiger partial charge in [0.25, 0.3) is 5.78 Å². The highest BCUT2D eigenvalue weighted by atomic mass is 32.1. The van der Waals surface area contributed by atoms with Crippen molar-refractivity contribution in [2.45, 2.75) is 19.6 Å². The number of thiazole rings is 1. The van der Waals surface area contributed by atoms with Crippen LogP contribution in [0, 0.1) is 12.7 Å². The van der Waals surface area contributed by atoms with Crippen molar-refractivity contribution in [1.82, 2.24) is 4.98 Å². The lowest BCUT2D eigenvalue weighted by Gasteiger charge is -2.23. The molecule has 8 heteroatoms. The number of carbonyl (C=O) groups is 2. The molecular formula is C28H21FN2O4S. The second-order valence-corrected chi connectivity index (χ2v) is 9.12. The van der Waals surface area contributed by atoms with Crippen LogP contribution in [0.3, 0.4) is 0 Å². The molecule has 5 rings (SSSR count). The van der Waals surface area contributed by atoms with Crippen molar-refractivity contribution < 1.29 is 23.8 Å². The third kappa shape index (κ3) is 4.27. The normalized spacial score (nSPS) is 16.9. The van der Waals surface area contributed by atoms with Crippen LogP contribution in [0.5, 0.6) is 5.75 Å². The lowest BCUT2D eigenvalue weighted by atomic mass is 9.95. The fourth-order valence-electron chi connectivity index (χ4n) is 4.15. The van der Waals surface area contributed by atoms with Gasteiger partial charge >= 0.3 is 5.91 Å². The van der Waals surface area contributed by atoms with E-state index >= 15 is 0 Å². The molecule has 0 radical (unpaired) electrons. The molecular weight excluding hydrogens is 479 g/mol. The molecule has 1 atom stereocenters. The summed E-state index contributed by atoms with van der Waals surface area (Å²) in [6.45, 7) is 2.39. The Kier molecular flexibility index (Phi) is 6.35. The van der Waals surface area contributed by atoms with Crippen LogP contribution in [-0.4, -0.2) is 21.8 Å². The van der Waals surface area contributed by atoms with Gasteiger partial charge in [0.1, 0.15) is 30.0 Å². The third-order valence-electron chi connectivity index (χ3n) is 6.05. The Bertz CT molecular complexity index is 1470. The van der Waals surface area contributed by atoms with Gasteiger partial charge in [0, 0.05) is 22.7 Å². The number of aryl methyl sites for hydroxylation is 1. The maximum absolute atomic E-state index is 14.9. The van der Waals surface area contributed by atoms with Crippen LogP contribution >= 0.6 is 11.3 Å². The molecule has 36 heavy (non-hydrogen) atoms. The number of nitrogens with zero attached hydrogens (tertiary/aromatic N) is 2. The number of ketones is 1. The van der Waals surface area contributed by atoms with E-state index in [4.69, 9.17) is 4.74 Å². The minimum absolute atomic E-state index is 0.0895. The van der Waals surface area contributed by atoms with Crippen molar-refractivity contribution in [3.05, 3.63) is 118 Å². The first-order chi connectivity index (χ1) is 17.5. The van der Waals surface area contributed by atoms with Crippen LogP contribution < -0.4 is 9.64 Å². The Labute approximate surface area is 210 Å². The first-order valence-corrected chi connectivity index (χ1v) is 12.1.